The smallest absolute Gasteiger partial charge is 0.307 e. The number of hydrogen-bond acceptors (Lipinski definition) is 4. The zero-order valence-corrected chi connectivity index (χ0v) is 10.9. The zero-order valence-electron chi connectivity index (χ0n) is 10.9. The van der Waals surface area contributed by atoms with Gasteiger partial charge in [0, 0.05) is 18.7 Å². The van der Waals surface area contributed by atoms with Crippen molar-refractivity contribution in [1.29, 1.82) is 0 Å². The van der Waals surface area contributed by atoms with E-state index in [0.29, 0.717) is 25.1 Å². The van der Waals surface area contributed by atoms with Gasteiger partial charge in [-0.25, -0.2) is 0 Å². The molecule has 0 spiro atoms. The molecule has 1 rings (SSSR count). The van der Waals surface area contributed by atoms with Gasteiger partial charge in [-0.05, 0) is 19.5 Å². The van der Waals surface area contributed by atoms with Gasteiger partial charge in [0.15, 0.2) is 0 Å². The van der Waals surface area contributed by atoms with Gasteiger partial charge in [0.05, 0.1) is 13.0 Å². The van der Waals surface area contributed by atoms with Gasteiger partial charge in [0.2, 0.25) is 0 Å². The van der Waals surface area contributed by atoms with Gasteiger partial charge in [0.25, 0.3) is 0 Å². The molecule has 18 heavy (non-hydrogen) atoms. The van der Waals surface area contributed by atoms with Gasteiger partial charge < -0.3 is 9.64 Å². The Morgan fingerprint density at radius 3 is 2.56 bits per heavy atom. The van der Waals surface area contributed by atoms with Gasteiger partial charge >= 0.3 is 5.97 Å². The van der Waals surface area contributed by atoms with Crippen molar-refractivity contribution in [2.24, 2.45) is 0 Å². The highest BCUT2D eigenvalue weighted by Gasteiger charge is 2.05. The quantitative estimate of drug-likeness (QED) is 0.547. The van der Waals surface area contributed by atoms with Crippen LogP contribution in [0.15, 0.2) is 24.3 Å². The summed E-state index contributed by atoms with van der Waals surface area (Å²) in [4.78, 5) is 23.8. The highest BCUT2D eigenvalue weighted by atomic mass is 16.5. The highest BCUT2D eigenvalue weighted by molar-refractivity contribution is 5.74. The molecule has 0 saturated carbocycles. The lowest BCUT2D eigenvalue weighted by molar-refractivity contribution is -0.143. The Hall–Kier alpha value is -1.68. The Balaban J connectivity index is 2.36. The van der Waals surface area contributed by atoms with Crippen molar-refractivity contribution in [1.82, 2.24) is 4.90 Å². The lowest BCUT2D eigenvalue weighted by atomic mass is 10.1. The molecule has 0 radical (unpaired) electrons. The first-order chi connectivity index (χ1) is 8.65. The molecule has 98 valence electrons. The molecule has 0 amide bonds. The third-order valence-corrected chi connectivity index (χ3v) is 2.57. The monoisotopic (exact) mass is 249 g/mol. The second-order valence-electron chi connectivity index (χ2n) is 4.15. The number of carbonyl (C=O) groups is 2. The van der Waals surface area contributed by atoms with Gasteiger partial charge in [-0.1, -0.05) is 24.3 Å². The van der Waals surface area contributed by atoms with Crippen LogP contribution in [0, 0.1) is 0 Å². The summed E-state index contributed by atoms with van der Waals surface area (Å²) in [6, 6.07) is 7.43. The summed E-state index contributed by atoms with van der Waals surface area (Å²) < 4.78 is 4.87. The second-order valence-corrected chi connectivity index (χ2v) is 4.15. The summed E-state index contributed by atoms with van der Waals surface area (Å²) in [6.45, 7) is 3.64. The van der Waals surface area contributed by atoms with Crippen LogP contribution in [0.2, 0.25) is 0 Å². The first-order valence-corrected chi connectivity index (χ1v) is 6.04. The van der Waals surface area contributed by atoms with Crippen molar-refractivity contribution in [2.75, 3.05) is 20.2 Å². The molecule has 0 aliphatic carbocycles. The van der Waals surface area contributed by atoms with E-state index in [1.807, 2.05) is 24.1 Å². The topological polar surface area (TPSA) is 46.6 Å². The van der Waals surface area contributed by atoms with Crippen LogP contribution < -0.4 is 0 Å². The van der Waals surface area contributed by atoms with E-state index in [1.165, 1.54) is 0 Å². The molecule has 0 aliphatic rings. The van der Waals surface area contributed by atoms with Gasteiger partial charge in [0.1, 0.15) is 6.29 Å². The maximum absolute atomic E-state index is 11.2. The van der Waals surface area contributed by atoms with E-state index in [0.717, 1.165) is 18.4 Å². The minimum atomic E-state index is -0.166. The minimum absolute atomic E-state index is 0.166. The third kappa shape index (κ3) is 5.10. The van der Waals surface area contributed by atoms with E-state index in [-0.39, 0.29) is 5.97 Å². The molecule has 4 heteroatoms. The Labute approximate surface area is 108 Å². The van der Waals surface area contributed by atoms with Crippen molar-refractivity contribution in [3.8, 4) is 0 Å². The molecule has 0 fully saturated rings. The number of benzene rings is 1. The maximum Gasteiger partial charge on any atom is 0.307 e. The number of carbonyl (C=O) groups excluding carboxylic acids is 2. The van der Waals surface area contributed by atoms with Crippen molar-refractivity contribution >= 4 is 12.3 Å². The highest BCUT2D eigenvalue weighted by Crippen LogP contribution is 2.05. The van der Waals surface area contributed by atoms with E-state index in [2.05, 4.69) is 0 Å². The molecule has 4 nitrogen and oxygen atoms in total. The molecule has 1 aromatic carbocycles. The SMILES string of the molecule is CCOC(=O)CCN(C)Cc1ccc(C=O)cc1. The minimum Gasteiger partial charge on any atom is -0.466 e. The van der Waals surface area contributed by atoms with Crippen molar-refractivity contribution in [3.63, 3.8) is 0 Å². The van der Waals surface area contributed by atoms with Crippen LogP contribution in [0.25, 0.3) is 0 Å². The Morgan fingerprint density at radius 2 is 2.00 bits per heavy atom. The van der Waals surface area contributed by atoms with Gasteiger partial charge in [-0.3, -0.25) is 9.59 Å². The molecule has 0 saturated heterocycles. The van der Waals surface area contributed by atoms with Gasteiger partial charge in [-0.15, -0.1) is 0 Å². The number of nitrogens with zero attached hydrogens (tertiary/aromatic N) is 1. The van der Waals surface area contributed by atoms with Gasteiger partial charge in [-0.2, -0.15) is 0 Å². The summed E-state index contributed by atoms with van der Waals surface area (Å²) in [7, 11) is 1.95. The van der Waals surface area contributed by atoms with Crippen LogP contribution in [0.5, 0.6) is 0 Å². The lowest BCUT2D eigenvalue weighted by Gasteiger charge is -2.16. The molecular weight excluding hydrogens is 230 g/mol. The largest absolute Gasteiger partial charge is 0.466 e. The average Bonchev–Trinajstić information content (AvgIpc) is 2.38. The van der Waals surface area contributed by atoms with E-state index in [4.69, 9.17) is 4.74 Å². The predicted octanol–water partition coefficient (Wildman–Crippen LogP) is 1.88. The fourth-order valence-electron chi connectivity index (χ4n) is 1.61. The lowest BCUT2D eigenvalue weighted by Crippen LogP contribution is -2.22. The summed E-state index contributed by atoms with van der Waals surface area (Å²) in [6.07, 6.45) is 1.23. The number of esters is 1. The molecule has 0 N–H and O–H groups in total. The Morgan fingerprint density at radius 1 is 1.33 bits per heavy atom. The first kappa shape index (κ1) is 14.4. The predicted molar refractivity (Wildman–Crippen MR) is 69.4 cm³/mol. The van der Waals surface area contributed by atoms with E-state index < -0.39 is 0 Å². The van der Waals surface area contributed by atoms with E-state index >= 15 is 0 Å². The van der Waals surface area contributed by atoms with Crippen molar-refractivity contribution in [2.45, 2.75) is 19.9 Å². The number of ether oxygens (including phenoxy) is 1. The number of hydrogen-bond donors (Lipinski definition) is 0. The molecule has 0 atom stereocenters. The molecule has 0 bridgehead atoms. The van der Waals surface area contributed by atoms with Crippen molar-refractivity contribution < 1.29 is 14.3 Å². The molecule has 1 aromatic rings. The molecule has 0 heterocycles. The van der Waals surface area contributed by atoms with E-state index in [9.17, 15) is 9.59 Å². The third-order valence-electron chi connectivity index (χ3n) is 2.57. The number of rotatable bonds is 7. The van der Waals surface area contributed by atoms with Crippen LogP contribution >= 0.6 is 0 Å². The van der Waals surface area contributed by atoms with Crippen LogP contribution in [-0.2, 0) is 16.1 Å². The summed E-state index contributed by atoms with van der Waals surface area (Å²) >= 11 is 0. The van der Waals surface area contributed by atoms with Crippen LogP contribution in [0.3, 0.4) is 0 Å². The van der Waals surface area contributed by atoms with E-state index in [1.54, 1.807) is 19.1 Å². The normalized spacial score (nSPS) is 10.4. The molecule has 0 unspecified atom stereocenters. The Kier molecular flexibility index (Phi) is 6.08. The summed E-state index contributed by atoms with van der Waals surface area (Å²) in [5.41, 5.74) is 1.79. The maximum atomic E-state index is 11.2. The second kappa shape index (κ2) is 7.61. The average molecular weight is 249 g/mol. The molecular formula is C14H19NO3. The number of aldehydes is 1. The fourth-order valence-corrected chi connectivity index (χ4v) is 1.61. The summed E-state index contributed by atoms with van der Waals surface area (Å²) in [5.74, 6) is -0.166. The zero-order chi connectivity index (χ0) is 13.4. The van der Waals surface area contributed by atoms with Crippen LogP contribution in [-0.4, -0.2) is 37.4 Å². The van der Waals surface area contributed by atoms with Crippen molar-refractivity contribution in [3.05, 3.63) is 35.4 Å². The first-order valence-electron chi connectivity index (χ1n) is 6.04. The van der Waals surface area contributed by atoms with Crippen LogP contribution in [0.1, 0.15) is 29.3 Å². The summed E-state index contributed by atoms with van der Waals surface area (Å²) in [5, 5.41) is 0. The molecule has 0 aliphatic heterocycles. The standard InChI is InChI=1S/C14H19NO3/c1-3-18-14(17)8-9-15(2)10-12-4-6-13(11-16)7-5-12/h4-7,11H,3,8-10H2,1-2H3. The molecule has 0 aromatic heterocycles. The fraction of sp³-hybridized carbons (Fsp3) is 0.429. The Bertz CT molecular complexity index is 387. The van der Waals surface area contributed by atoms with Crippen LogP contribution in [0.4, 0.5) is 0 Å².